The number of H-pyrrole nitrogens is 1. The van der Waals surface area contributed by atoms with Gasteiger partial charge in [0.1, 0.15) is 10.6 Å². The Balaban J connectivity index is 2.68. The fourth-order valence-corrected chi connectivity index (χ4v) is 2.34. The third kappa shape index (κ3) is 3.11. The van der Waals surface area contributed by atoms with Gasteiger partial charge >= 0.3 is 6.18 Å². The van der Waals surface area contributed by atoms with Gasteiger partial charge in [-0.25, -0.2) is 13.6 Å². The molecule has 10 heteroatoms. The van der Waals surface area contributed by atoms with Crippen molar-refractivity contribution in [1.29, 1.82) is 0 Å². The number of aromatic amines is 1. The van der Waals surface area contributed by atoms with Crippen LogP contribution in [-0.2, 0) is 16.2 Å². The minimum atomic E-state index is -4.72. The van der Waals surface area contributed by atoms with E-state index in [9.17, 15) is 26.4 Å². The third-order valence-electron chi connectivity index (χ3n) is 2.55. The molecule has 0 atom stereocenters. The quantitative estimate of drug-likeness (QED) is 0.864. The van der Waals surface area contributed by atoms with Crippen LogP contribution in [0.3, 0.4) is 0 Å². The van der Waals surface area contributed by atoms with E-state index >= 15 is 0 Å². The van der Waals surface area contributed by atoms with Gasteiger partial charge in [0.25, 0.3) is 0 Å². The molecule has 0 fully saturated rings. The maximum atomic E-state index is 12.5. The summed E-state index contributed by atoms with van der Waals surface area (Å²) in [6, 6.07) is 2.72. The lowest BCUT2D eigenvalue weighted by Gasteiger charge is -2.09. The molecule has 0 saturated carbocycles. The fourth-order valence-electron chi connectivity index (χ4n) is 1.64. The topological polar surface area (TPSA) is 106 Å². The number of nitrogens with zero attached hydrogens (tertiary/aromatic N) is 1. The first kappa shape index (κ1) is 15.2. The lowest BCUT2D eigenvalue weighted by Crippen LogP contribution is -2.18. The summed E-state index contributed by atoms with van der Waals surface area (Å²) in [5, 5.41) is 4.98. The van der Waals surface area contributed by atoms with Crippen molar-refractivity contribution in [2.75, 3.05) is 0 Å². The number of pyridine rings is 2. The van der Waals surface area contributed by atoms with E-state index in [4.69, 9.17) is 5.14 Å². The summed E-state index contributed by atoms with van der Waals surface area (Å²) in [5.74, 6) is 0. The molecule has 0 bridgehead atoms. The van der Waals surface area contributed by atoms with Crippen LogP contribution in [0.5, 0.6) is 0 Å². The first-order valence-electron chi connectivity index (χ1n) is 5.39. The molecule has 3 N–H and O–H groups in total. The highest BCUT2D eigenvalue weighted by atomic mass is 32.2. The summed E-state index contributed by atoms with van der Waals surface area (Å²) in [4.78, 5) is 16.9. The smallest absolute Gasteiger partial charge is 0.357 e. The number of rotatable bonds is 2. The largest absolute Gasteiger partial charge is 0.431 e. The molecule has 112 valence electrons. The number of nitrogens with two attached hydrogens (primary N) is 1. The zero-order chi connectivity index (χ0) is 15.8. The van der Waals surface area contributed by atoms with Crippen LogP contribution in [0.1, 0.15) is 5.69 Å². The second-order valence-corrected chi connectivity index (χ2v) is 5.55. The average molecular weight is 319 g/mol. The monoisotopic (exact) mass is 319 g/mol. The van der Waals surface area contributed by atoms with Gasteiger partial charge in [0.05, 0.1) is 11.3 Å². The molecule has 2 aromatic rings. The van der Waals surface area contributed by atoms with Gasteiger partial charge < -0.3 is 4.98 Å². The molecule has 0 saturated heterocycles. The van der Waals surface area contributed by atoms with E-state index in [1.165, 1.54) is 12.3 Å². The van der Waals surface area contributed by atoms with Gasteiger partial charge in [-0.05, 0) is 12.1 Å². The summed E-state index contributed by atoms with van der Waals surface area (Å²) in [5.41, 5.74) is -2.91. The Kier molecular flexibility index (Phi) is 3.59. The van der Waals surface area contributed by atoms with Crippen LogP contribution in [0.15, 0.2) is 40.3 Å². The predicted octanol–water partition coefficient (Wildman–Crippen LogP) is 1.10. The molecule has 0 aromatic carbocycles. The molecule has 21 heavy (non-hydrogen) atoms. The van der Waals surface area contributed by atoms with Crippen LogP contribution in [0.4, 0.5) is 13.2 Å². The maximum absolute atomic E-state index is 12.5. The molecular weight excluding hydrogens is 311 g/mol. The first-order valence-corrected chi connectivity index (χ1v) is 6.93. The van der Waals surface area contributed by atoms with E-state index < -0.39 is 32.2 Å². The molecule has 0 aliphatic carbocycles. The van der Waals surface area contributed by atoms with Gasteiger partial charge in [-0.15, -0.1) is 0 Å². The highest BCUT2D eigenvalue weighted by molar-refractivity contribution is 7.89. The zero-order valence-electron chi connectivity index (χ0n) is 10.2. The van der Waals surface area contributed by atoms with E-state index in [1.54, 1.807) is 0 Å². The van der Waals surface area contributed by atoms with Crippen LogP contribution in [0.2, 0.25) is 0 Å². The Bertz CT molecular complexity index is 844. The molecule has 0 aliphatic rings. The SMILES string of the molecule is NS(=O)(=O)c1cccnc1-c1c[nH]c(C(F)(F)F)cc1=O. The molecule has 2 rings (SSSR count). The lowest BCUT2D eigenvalue weighted by atomic mass is 10.1. The van der Waals surface area contributed by atoms with E-state index in [0.29, 0.717) is 6.07 Å². The number of primary sulfonamides is 1. The lowest BCUT2D eigenvalue weighted by molar-refractivity contribution is -0.141. The molecule has 0 amide bonds. The molecular formula is C11H8F3N3O3S. The second kappa shape index (κ2) is 4.97. The summed E-state index contributed by atoms with van der Waals surface area (Å²) in [6.45, 7) is 0. The molecule has 0 unspecified atom stereocenters. The molecule has 0 aliphatic heterocycles. The van der Waals surface area contributed by atoms with Crippen molar-refractivity contribution in [2.24, 2.45) is 5.14 Å². The predicted molar refractivity (Wildman–Crippen MR) is 66.7 cm³/mol. The Hall–Kier alpha value is -2.20. The molecule has 2 aromatic heterocycles. The van der Waals surface area contributed by atoms with Crippen molar-refractivity contribution in [3.05, 3.63) is 46.5 Å². The van der Waals surface area contributed by atoms with Crippen LogP contribution in [0.25, 0.3) is 11.3 Å². The van der Waals surface area contributed by atoms with Crippen molar-refractivity contribution >= 4 is 10.0 Å². The number of aromatic nitrogens is 2. The van der Waals surface area contributed by atoms with Gasteiger partial charge in [0.2, 0.25) is 10.0 Å². The number of alkyl halides is 3. The van der Waals surface area contributed by atoms with Crippen molar-refractivity contribution in [3.8, 4) is 11.3 Å². The standard InChI is InChI=1S/C11H8F3N3O3S/c12-11(13,14)9-4-7(18)6(5-17-9)10-8(21(15,19)20)2-1-3-16-10/h1-5H,(H,17,18)(H2,15,19,20). The van der Waals surface area contributed by atoms with E-state index in [2.05, 4.69) is 4.98 Å². The highest BCUT2D eigenvalue weighted by Crippen LogP contribution is 2.28. The van der Waals surface area contributed by atoms with Gasteiger partial charge in [0, 0.05) is 18.5 Å². The van der Waals surface area contributed by atoms with Crippen molar-refractivity contribution in [2.45, 2.75) is 11.1 Å². The molecule has 0 spiro atoms. The van der Waals surface area contributed by atoms with Gasteiger partial charge in [-0.1, -0.05) is 0 Å². The minimum absolute atomic E-state index is 0.310. The molecule has 0 radical (unpaired) electrons. The number of sulfonamides is 1. The van der Waals surface area contributed by atoms with Crippen LogP contribution < -0.4 is 10.6 Å². The Labute approximate surface area is 116 Å². The van der Waals surface area contributed by atoms with Gasteiger partial charge in [-0.3, -0.25) is 9.78 Å². The molecule has 6 nitrogen and oxygen atoms in total. The number of hydrogen-bond acceptors (Lipinski definition) is 4. The normalized spacial score (nSPS) is 12.4. The minimum Gasteiger partial charge on any atom is -0.357 e. The van der Waals surface area contributed by atoms with Crippen molar-refractivity contribution in [1.82, 2.24) is 9.97 Å². The van der Waals surface area contributed by atoms with Crippen molar-refractivity contribution < 1.29 is 21.6 Å². The second-order valence-electron chi connectivity index (χ2n) is 4.02. The van der Waals surface area contributed by atoms with E-state index in [-0.39, 0.29) is 11.3 Å². The van der Waals surface area contributed by atoms with Crippen molar-refractivity contribution in [3.63, 3.8) is 0 Å². The summed E-state index contributed by atoms with van der Waals surface area (Å²) < 4.78 is 60.2. The first-order chi connectivity index (χ1) is 9.60. The maximum Gasteiger partial charge on any atom is 0.431 e. The third-order valence-corrected chi connectivity index (χ3v) is 3.49. The average Bonchev–Trinajstić information content (AvgIpc) is 2.36. The van der Waals surface area contributed by atoms with E-state index in [0.717, 1.165) is 12.3 Å². The Morgan fingerprint density at radius 2 is 1.95 bits per heavy atom. The number of hydrogen-bond donors (Lipinski definition) is 2. The molecule has 2 heterocycles. The fraction of sp³-hybridized carbons (Fsp3) is 0.0909. The Morgan fingerprint density at radius 1 is 1.29 bits per heavy atom. The number of halogens is 3. The van der Waals surface area contributed by atoms with E-state index in [1.807, 2.05) is 4.98 Å². The highest BCUT2D eigenvalue weighted by Gasteiger charge is 2.32. The number of nitrogens with one attached hydrogen (secondary N) is 1. The van der Waals surface area contributed by atoms with Crippen LogP contribution in [-0.4, -0.2) is 18.4 Å². The van der Waals surface area contributed by atoms with Gasteiger partial charge in [0.15, 0.2) is 5.43 Å². The summed E-state index contributed by atoms with van der Waals surface area (Å²) in [6.07, 6.45) is -2.77. The van der Waals surface area contributed by atoms with Gasteiger partial charge in [-0.2, -0.15) is 13.2 Å². The Morgan fingerprint density at radius 3 is 2.48 bits per heavy atom. The van der Waals surface area contributed by atoms with Crippen LogP contribution in [0, 0.1) is 0 Å². The summed E-state index contributed by atoms with van der Waals surface area (Å²) >= 11 is 0. The zero-order valence-corrected chi connectivity index (χ0v) is 11.0. The summed E-state index contributed by atoms with van der Waals surface area (Å²) in [7, 11) is -4.17. The van der Waals surface area contributed by atoms with Crippen LogP contribution >= 0.6 is 0 Å².